The molecule has 0 fully saturated rings. The van der Waals surface area contributed by atoms with Gasteiger partial charge in [-0.1, -0.05) is 36.4 Å². The van der Waals surface area contributed by atoms with Gasteiger partial charge in [-0.25, -0.2) is 4.98 Å². The number of ketones is 1. The van der Waals surface area contributed by atoms with E-state index in [1.807, 2.05) is 19.2 Å². The van der Waals surface area contributed by atoms with Crippen molar-refractivity contribution in [1.29, 1.82) is 0 Å². The van der Waals surface area contributed by atoms with Crippen LogP contribution in [0.2, 0.25) is 5.02 Å². The van der Waals surface area contributed by atoms with Crippen LogP contribution in [-0.4, -0.2) is 39.6 Å². The number of amides is 1. The molecule has 0 atom stereocenters. The largest absolute Gasteiger partial charge is 0.480 e. The van der Waals surface area contributed by atoms with Crippen LogP contribution in [0.1, 0.15) is 23.0 Å². The summed E-state index contributed by atoms with van der Waals surface area (Å²) in [6.45, 7) is 1.88. The topological polar surface area (TPSA) is 100 Å². The number of thioether (sulfide) groups is 1. The average molecular weight is 405 g/mol. The summed E-state index contributed by atoms with van der Waals surface area (Å²) in [4.78, 5) is 33.2. The third kappa shape index (κ3) is 3.26. The summed E-state index contributed by atoms with van der Waals surface area (Å²) in [6.07, 6.45) is 2.29. The van der Waals surface area contributed by atoms with Crippen molar-refractivity contribution in [2.75, 3.05) is 13.4 Å². The minimum absolute atomic E-state index is 0.157. The predicted molar refractivity (Wildman–Crippen MR) is 105 cm³/mol. The van der Waals surface area contributed by atoms with Crippen LogP contribution in [0.4, 0.5) is 0 Å². The SMILES string of the molecule is CCc1c(C(=O)C(N)=O)c2c(OC)nc(SC)nc2n1-c1cccc(Cl)c1. The van der Waals surface area contributed by atoms with Crippen molar-refractivity contribution in [3.8, 4) is 11.6 Å². The second-order valence-electron chi connectivity index (χ2n) is 5.60. The predicted octanol–water partition coefficient (Wildman–Crippen LogP) is 3.03. The van der Waals surface area contributed by atoms with Crippen LogP contribution in [0.25, 0.3) is 16.7 Å². The van der Waals surface area contributed by atoms with Crippen LogP contribution in [0.5, 0.6) is 5.88 Å². The number of Topliss-reactive ketones (excluding diaryl/α,β-unsaturated/α-hetero) is 1. The van der Waals surface area contributed by atoms with Crippen LogP contribution in [0, 0.1) is 0 Å². The molecule has 0 spiro atoms. The van der Waals surface area contributed by atoms with E-state index in [4.69, 9.17) is 22.1 Å². The van der Waals surface area contributed by atoms with Crippen LogP contribution in [0.15, 0.2) is 29.4 Å². The van der Waals surface area contributed by atoms with Crippen molar-refractivity contribution in [3.05, 3.63) is 40.5 Å². The molecule has 27 heavy (non-hydrogen) atoms. The van der Waals surface area contributed by atoms with Gasteiger partial charge in [0.1, 0.15) is 0 Å². The Labute approximate surface area is 164 Å². The number of aromatic nitrogens is 3. The molecule has 7 nitrogen and oxygen atoms in total. The number of primary amides is 1. The zero-order valence-electron chi connectivity index (χ0n) is 14.9. The van der Waals surface area contributed by atoms with E-state index in [0.717, 1.165) is 0 Å². The molecule has 1 aromatic carbocycles. The van der Waals surface area contributed by atoms with Gasteiger partial charge < -0.3 is 10.5 Å². The summed E-state index contributed by atoms with van der Waals surface area (Å²) in [5.41, 5.74) is 7.20. The lowest BCUT2D eigenvalue weighted by Gasteiger charge is -2.10. The second kappa shape index (κ2) is 7.58. The normalized spacial score (nSPS) is 11.0. The van der Waals surface area contributed by atoms with Crippen LogP contribution < -0.4 is 10.5 Å². The van der Waals surface area contributed by atoms with Gasteiger partial charge in [0, 0.05) is 16.4 Å². The van der Waals surface area contributed by atoms with Crippen LogP contribution >= 0.6 is 23.4 Å². The minimum atomic E-state index is -1.05. The fourth-order valence-corrected chi connectivity index (χ4v) is 3.55. The highest BCUT2D eigenvalue weighted by Gasteiger charge is 2.29. The fraction of sp³-hybridized carbons (Fsp3) is 0.222. The van der Waals surface area contributed by atoms with Gasteiger partial charge in [0.2, 0.25) is 5.88 Å². The van der Waals surface area contributed by atoms with Crippen molar-refractivity contribution in [2.24, 2.45) is 5.73 Å². The maximum Gasteiger partial charge on any atom is 0.289 e. The third-order valence-electron chi connectivity index (χ3n) is 4.08. The number of carbonyl (C=O) groups excluding carboxylic acids is 2. The first-order chi connectivity index (χ1) is 12.9. The van der Waals surface area contributed by atoms with Gasteiger partial charge in [0.25, 0.3) is 11.7 Å². The molecule has 1 amide bonds. The standard InChI is InChI=1S/C18H17ClN4O3S/c1-4-11-12(14(24)15(20)25)13-16(21-18(27-3)22-17(13)26-2)23(11)10-7-5-6-9(19)8-10/h5-8H,4H2,1-3H3,(H2,20,25). The van der Waals surface area contributed by atoms with E-state index in [2.05, 4.69) is 9.97 Å². The monoisotopic (exact) mass is 404 g/mol. The summed E-state index contributed by atoms with van der Waals surface area (Å²) >= 11 is 7.50. The van der Waals surface area contributed by atoms with E-state index in [1.54, 1.807) is 22.8 Å². The highest BCUT2D eigenvalue weighted by atomic mass is 35.5. The molecule has 2 heterocycles. The highest BCUT2D eigenvalue weighted by Crippen LogP contribution is 2.36. The summed E-state index contributed by atoms with van der Waals surface area (Å²) in [7, 11) is 1.45. The fourth-order valence-electron chi connectivity index (χ4n) is 3.01. The zero-order chi connectivity index (χ0) is 19.7. The summed E-state index contributed by atoms with van der Waals surface area (Å²) < 4.78 is 7.20. The third-order valence-corrected chi connectivity index (χ3v) is 4.87. The van der Waals surface area contributed by atoms with Crippen molar-refractivity contribution >= 4 is 46.1 Å². The van der Waals surface area contributed by atoms with E-state index >= 15 is 0 Å². The number of benzene rings is 1. The molecule has 140 valence electrons. The first-order valence-electron chi connectivity index (χ1n) is 8.06. The first-order valence-corrected chi connectivity index (χ1v) is 9.66. The maximum absolute atomic E-state index is 12.6. The number of ether oxygens (including phenoxy) is 1. The molecule has 2 N–H and O–H groups in total. The van der Waals surface area contributed by atoms with Gasteiger partial charge in [-0.15, -0.1) is 0 Å². The van der Waals surface area contributed by atoms with Crippen molar-refractivity contribution < 1.29 is 14.3 Å². The molecule has 3 aromatic rings. The summed E-state index contributed by atoms with van der Waals surface area (Å²) in [5, 5.41) is 1.36. The Morgan fingerprint density at radius 3 is 2.63 bits per heavy atom. The Kier molecular flexibility index (Phi) is 5.38. The number of nitrogens with two attached hydrogens (primary N) is 1. The molecule has 2 aromatic heterocycles. The second-order valence-corrected chi connectivity index (χ2v) is 6.81. The smallest absolute Gasteiger partial charge is 0.289 e. The van der Waals surface area contributed by atoms with Gasteiger partial charge in [-0.3, -0.25) is 14.2 Å². The number of rotatable bonds is 6. The maximum atomic E-state index is 12.6. The molecular weight excluding hydrogens is 388 g/mol. The number of carbonyl (C=O) groups is 2. The molecule has 0 aliphatic rings. The minimum Gasteiger partial charge on any atom is -0.480 e. The Balaban J connectivity index is 2.54. The summed E-state index contributed by atoms with van der Waals surface area (Å²) in [5.74, 6) is -1.65. The molecule has 0 bridgehead atoms. The molecule has 0 saturated heterocycles. The van der Waals surface area contributed by atoms with Gasteiger partial charge in [0.05, 0.1) is 18.1 Å². The Hall–Kier alpha value is -2.58. The Bertz CT molecular complexity index is 1060. The number of hydrogen-bond acceptors (Lipinski definition) is 6. The van der Waals surface area contributed by atoms with Crippen molar-refractivity contribution in [3.63, 3.8) is 0 Å². The lowest BCUT2D eigenvalue weighted by atomic mass is 10.1. The van der Waals surface area contributed by atoms with Gasteiger partial charge >= 0.3 is 0 Å². The lowest BCUT2D eigenvalue weighted by Crippen LogP contribution is -2.24. The number of methoxy groups -OCH3 is 1. The van der Waals surface area contributed by atoms with Crippen LogP contribution in [-0.2, 0) is 11.2 Å². The van der Waals surface area contributed by atoms with Crippen LogP contribution in [0.3, 0.4) is 0 Å². The first kappa shape index (κ1) is 19.2. The quantitative estimate of drug-likeness (QED) is 0.293. The van der Waals surface area contributed by atoms with E-state index in [1.165, 1.54) is 18.9 Å². The molecular formula is C18H17ClN4O3S. The summed E-state index contributed by atoms with van der Waals surface area (Å²) in [6, 6.07) is 7.15. The number of nitrogens with zero attached hydrogens (tertiary/aromatic N) is 3. The van der Waals surface area contributed by atoms with Gasteiger partial charge in [0.15, 0.2) is 10.8 Å². The Morgan fingerprint density at radius 1 is 1.33 bits per heavy atom. The Morgan fingerprint density at radius 2 is 2.07 bits per heavy atom. The molecule has 9 heteroatoms. The van der Waals surface area contributed by atoms with E-state index in [-0.39, 0.29) is 11.4 Å². The zero-order valence-corrected chi connectivity index (χ0v) is 16.5. The van der Waals surface area contributed by atoms with Crippen molar-refractivity contribution in [1.82, 2.24) is 14.5 Å². The molecule has 0 radical (unpaired) electrons. The molecule has 3 rings (SSSR count). The van der Waals surface area contributed by atoms with E-state index < -0.39 is 11.7 Å². The molecule has 0 unspecified atom stereocenters. The lowest BCUT2D eigenvalue weighted by molar-refractivity contribution is -0.114. The van der Waals surface area contributed by atoms with Gasteiger partial charge in [-0.2, -0.15) is 4.98 Å². The van der Waals surface area contributed by atoms with Gasteiger partial charge in [-0.05, 0) is 30.9 Å². The number of hydrogen-bond donors (Lipinski definition) is 1. The molecule has 0 aliphatic heterocycles. The number of fused-ring (bicyclic) bond motifs is 1. The van der Waals surface area contributed by atoms with E-state index in [0.29, 0.717) is 39.0 Å². The average Bonchev–Trinajstić information content (AvgIpc) is 3.00. The number of halogens is 1. The highest BCUT2D eigenvalue weighted by molar-refractivity contribution is 7.98. The molecule has 0 saturated carbocycles. The van der Waals surface area contributed by atoms with E-state index in [9.17, 15) is 9.59 Å². The molecule has 0 aliphatic carbocycles. The van der Waals surface area contributed by atoms with Crippen molar-refractivity contribution in [2.45, 2.75) is 18.5 Å².